The molecule has 0 bridgehead atoms. The third-order valence-corrected chi connectivity index (χ3v) is 5.08. The highest BCUT2D eigenvalue weighted by Crippen LogP contribution is 2.17. The van der Waals surface area contributed by atoms with E-state index >= 15 is 0 Å². The highest BCUT2D eigenvalue weighted by atomic mass is 16.5. The average Bonchev–Trinajstić information content (AvgIpc) is 3.24. The van der Waals surface area contributed by atoms with Crippen LogP contribution in [-0.2, 0) is 11.3 Å². The van der Waals surface area contributed by atoms with Gasteiger partial charge in [-0.2, -0.15) is 0 Å². The van der Waals surface area contributed by atoms with E-state index in [1.807, 2.05) is 43.3 Å². The van der Waals surface area contributed by atoms with Crippen molar-refractivity contribution in [3.8, 4) is 0 Å². The van der Waals surface area contributed by atoms with E-state index in [2.05, 4.69) is 15.6 Å². The number of amides is 1. The van der Waals surface area contributed by atoms with Crippen molar-refractivity contribution in [2.24, 2.45) is 0 Å². The molecule has 7 heteroatoms. The van der Waals surface area contributed by atoms with Gasteiger partial charge in [0.15, 0.2) is 0 Å². The summed E-state index contributed by atoms with van der Waals surface area (Å²) < 4.78 is 7.14. The van der Waals surface area contributed by atoms with E-state index in [-0.39, 0.29) is 17.6 Å². The predicted octanol–water partition coefficient (Wildman–Crippen LogP) is 2.52. The van der Waals surface area contributed by atoms with E-state index in [9.17, 15) is 9.59 Å². The lowest BCUT2D eigenvalue weighted by molar-refractivity contribution is 0.0858. The van der Waals surface area contributed by atoms with Gasteiger partial charge in [-0.15, -0.1) is 0 Å². The maximum Gasteiger partial charge on any atom is 0.258 e. The molecule has 0 radical (unpaired) electrons. The van der Waals surface area contributed by atoms with Crippen LogP contribution in [0.25, 0.3) is 5.65 Å². The average molecular weight is 392 g/mol. The molecule has 3 heterocycles. The normalized spacial score (nSPS) is 16.1. The Hall–Kier alpha value is -3.19. The topological polar surface area (TPSA) is 84.7 Å². The molecule has 1 aliphatic rings. The number of aryl methyl sites for hydroxylation is 1. The summed E-state index contributed by atoms with van der Waals surface area (Å²) in [5, 5.41) is 6.19. The van der Waals surface area contributed by atoms with Crippen LogP contribution in [-0.4, -0.2) is 34.5 Å². The number of pyridine rings is 1. The van der Waals surface area contributed by atoms with Crippen LogP contribution in [0.3, 0.4) is 0 Å². The van der Waals surface area contributed by atoms with Gasteiger partial charge in [-0.1, -0.05) is 18.2 Å². The Kier molecular flexibility index (Phi) is 5.57. The van der Waals surface area contributed by atoms with Gasteiger partial charge in [-0.05, 0) is 44.0 Å². The molecule has 2 N–H and O–H groups in total. The van der Waals surface area contributed by atoms with E-state index in [4.69, 9.17) is 4.74 Å². The minimum absolute atomic E-state index is 0.0947. The molecule has 1 amide bonds. The SMILES string of the molecule is Cc1cccc2nc(CNc3ccccc3C(=O)NC[C@@H]3CCCO3)cc(=O)n12. The molecule has 4 rings (SSSR count). The van der Waals surface area contributed by atoms with Gasteiger partial charge in [-0.3, -0.25) is 14.0 Å². The Morgan fingerprint density at radius 3 is 2.93 bits per heavy atom. The van der Waals surface area contributed by atoms with Gasteiger partial charge >= 0.3 is 0 Å². The van der Waals surface area contributed by atoms with E-state index in [1.165, 1.54) is 6.07 Å². The number of hydrogen-bond donors (Lipinski definition) is 2. The van der Waals surface area contributed by atoms with Crippen molar-refractivity contribution < 1.29 is 9.53 Å². The standard InChI is InChI=1S/C22H24N4O3/c1-15-6-4-10-20-25-16(12-21(27)26(15)20)13-23-19-9-3-2-8-18(19)22(28)24-14-17-7-5-11-29-17/h2-4,6,8-10,12,17,23H,5,7,11,13-14H2,1H3,(H,24,28)/t17-/m0/s1. The van der Waals surface area contributed by atoms with Gasteiger partial charge in [0, 0.05) is 30.6 Å². The van der Waals surface area contributed by atoms with Crippen LogP contribution in [0.4, 0.5) is 5.69 Å². The van der Waals surface area contributed by atoms with Crippen LogP contribution in [0, 0.1) is 6.92 Å². The second kappa shape index (κ2) is 8.45. The number of carbonyl (C=O) groups is 1. The zero-order valence-corrected chi connectivity index (χ0v) is 16.4. The molecule has 1 fully saturated rings. The Morgan fingerprint density at radius 1 is 1.24 bits per heavy atom. The number of ether oxygens (including phenoxy) is 1. The van der Waals surface area contributed by atoms with Crippen molar-refractivity contribution in [3.63, 3.8) is 0 Å². The number of hydrogen-bond acceptors (Lipinski definition) is 5. The summed E-state index contributed by atoms with van der Waals surface area (Å²) in [7, 11) is 0. The van der Waals surface area contributed by atoms with Gasteiger partial charge in [0.1, 0.15) is 5.65 Å². The summed E-state index contributed by atoms with van der Waals surface area (Å²) in [6, 6.07) is 14.4. The lowest BCUT2D eigenvalue weighted by Gasteiger charge is -2.14. The third kappa shape index (κ3) is 4.30. The molecule has 1 aliphatic heterocycles. The van der Waals surface area contributed by atoms with Crippen molar-refractivity contribution in [2.75, 3.05) is 18.5 Å². The maximum absolute atomic E-state index is 12.6. The van der Waals surface area contributed by atoms with Gasteiger partial charge in [-0.25, -0.2) is 4.98 Å². The summed E-state index contributed by atoms with van der Waals surface area (Å²) in [6.07, 6.45) is 2.11. The van der Waals surface area contributed by atoms with Crippen molar-refractivity contribution in [1.82, 2.24) is 14.7 Å². The molecule has 1 aromatic carbocycles. The first-order chi connectivity index (χ1) is 14.1. The Labute approximate surface area is 168 Å². The fraction of sp³-hybridized carbons (Fsp3) is 0.318. The van der Waals surface area contributed by atoms with Crippen LogP contribution in [0.2, 0.25) is 0 Å². The monoisotopic (exact) mass is 392 g/mol. The molecule has 0 aliphatic carbocycles. The van der Waals surface area contributed by atoms with E-state index in [0.29, 0.717) is 35.7 Å². The second-order valence-corrected chi connectivity index (χ2v) is 7.19. The van der Waals surface area contributed by atoms with Crippen LogP contribution < -0.4 is 16.2 Å². The summed E-state index contributed by atoms with van der Waals surface area (Å²) in [5.41, 5.74) is 3.20. The van der Waals surface area contributed by atoms with Gasteiger partial charge in [0.2, 0.25) is 0 Å². The van der Waals surface area contributed by atoms with Crippen LogP contribution in [0.5, 0.6) is 0 Å². The molecule has 1 atom stereocenters. The molecule has 2 aromatic heterocycles. The summed E-state index contributed by atoms with van der Waals surface area (Å²) >= 11 is 0. The van der Waals surface area contributed by atoms with E-state index < -0.39 is 0 Å². The summed E-state index contributed by atoms with van der Waals surface area (Å²) in [6.45, 7) is 3.49. The quantitative estimate of drug-likeness (QED) is 0.673. The predicted molar refractivity (Wildman–Crippen MR) is 111 cm³/mol. The van der Waals surface area contributed by atoms with E-state index in [0.717, 1.165) is 25.1 Å². The first kappa shape index (κ1) is 19.1. The molecular formula is C22H24N4O3. The molecule has 0 spiro atoms. The van der Waals surface area contributed by atoms with Crippen LogP contribution >= 0.6 is 0 Å². The van der Waals surface area contributed by atoms with Crippen LogP contribution in [0.1, 0.15) is 34.6 Å². The first-order valence-electron chi connectivity index (χ1n) is 9.83. The lowest BCUT2D eigenvalue weighted by Crippen LogP contribution is -2.32. The molecule has 0 unspecified atom stereocenters. The van der Waals surface area contributed by atoms with Crippen molar-refractivity contribution >= 4 is 17.2 Å². The number of nitrogens with one attached hydrogen (secondary N) is 2. The lowest BCUT2D eigenvalue weighted by atomic mass is 10.1. The number of benzene rings is 1. The highest BCUT2D eigenvalue weighted by molar-refractivity contribution is 5.99. The largest absolute Gasteiger partial charge is 0.379 e. The zero-order valence-electron chi connectivity index (χ0n) is 16.4. The number of rotatable bonds is 6. The molecular weight excluding hydrogens is 368 g/mol. The Balaban J connectivity index is 1.48. The first-order valence-corrected chi connectivity index (χ1v) is 9.83. The maximum atomic E-state index is 12.6. The van der Waals surface area contributed by atoms with Crippen molar-refractivity contribution in [1.29, 1.82) is 0 Å². The Bertz CT molecular complexity index is 1090. The highest BCUT2D eigenvalue weighted by Gasteiger charge is 2.18. The molecule has 1 saturated heterocycles. The fourth-order valence-corrected chi connectivity index (χ4v) is 3.58. The number of carbonyl (C=O) groups excluding carboxylic acids is 1. The molecule has 3 aromatic rings. The van der Waals surface area contributed by atoms with Gasteiger partial charge in [0.25, 0.3) is 11.5 Å². The smallest absolute Gasteiger partial charge is 0.258 e. The minimum Gasteiger partial charge on any atom is -0.379 e. The summed E-state index contributed by atoms with van der Waals surface area (Å²) in [5.74, 6) is -0.147. The number of fused-ring (bicyclic) bond motifs is 1. The van der Waals surface area contributed by atoms with Gasteiger partial charge in [0.05, 0.1) is 23.9 Å². The third-order valence-electron chi connectivity index (χ3n) is 5.08. The fourth-order valence-electron chi connectivity index (χ4n) is 3.58. The zero-order chi connectivity index (χ0) is 20.2. The molecule has 7 nitrogen and oxygen atoms in total. The molecule has 29 heavy (non-hydrogen) atoms. The van der Waals surface area contributed by atoms with Crippen molar-refractivity contribution in [2.45, 2.75) is 32.4 Å². The van der Waals surface area contributed by atoms with Crippen LogP contribution in [0.15, 0.2) is 53.3 Å². The number of anilines is 1. The van der Waals surface area contributed by atoms with Gasteiger partial charge < -0.3 is 15.4 Å². The van der Waals surface area contributed by atoms with E-state index in [1.54, 1.807) is 10.5 Å². The molecule has 0 saturated carbocycles. The number of para-hydroxylation sites is 1. The number of nitrogens with zero attached hydrogens (tertiary/aromatic N) is 2. The number of aromatic nitrogens is 2. The Morgan fingerprint density at radius 2 is 2.10 bits per heavy atom. The minimum atomic E-state index is -0.147. The summed E-state index contributed by atoms with van der Waals surface area (Å²) in [4.78, 5) is 29.6. The molecule has 150 valence electrons. The van der Waals surface area contributed by atoms with Crippen molar-refractivity contribution in [3.05, 3.63) is 75.8 Å². The second-order valence-electron chi connectivity index (χ2n) is 7.19.